The van der Waals surface area contributed by atoms with Crippen molar-refractivity contribution < 1.29 is 10.2 Å². The summed E-state index contributed by atoms with van der Waals surface area (Å²) in [6.45, 7) is 8.68. The number of phenols is 2. The number of benzene rings is 2. The van der Waals surface area contributed by atoms with E-state index in [4.69, 9.17) is 0 Å². The summed E-state index contributed by atoms with van der Waals surface area (Å²) >= 11 is 1.48. The molecule has 0 aromatic heterocycles. The second kappa shape index (κ2) is 7.78. The van der Waals surface area contributed by atoms with Crippen LogP contribution in [0.15, 0.2) is 46.2 Å². The van der Waals surface area contributed by atoms with E-state index in [-0.39, 0.29) is 11.5 Å². The summed E-state index contributed by atoms with van der Waals surface area (Å²) in [5.74, 6) is 1.59. The molecule has 0 aliphatic carbocycles. The highest BCUT2D eigenvalue weighted by Crippen LogP contribution is 2.43. The molecule has 0 amide bonds. The van der Waals surface area contributed by atoms with Gasteiger partial charge in [-0.3, -0.25) is 0 Å². The van der Waals surface area contributed by atoms with E-state index in [1.165, 1.54) is 11.8 Å². The van der Waals surface area contributed by atoms with E-state index in [2.05, 4.69) is 39.8 Å². The van der Waals surface area contributed by atoms with Gasteiger partial charge >= 0.3 is 0 Å². The largest absolute Gasteiger partial charge is 0.507 e. The van der Waals surface area contributed by atoms with Crippen molar-refractivity contribution in [2.24, 2.45) is 11.8 Å². The van der Waals surface area contributed by atoms with Gasteiger partial charge in [-0.15, -0.1) is 0 Å². The molecule has 0 aliphatic rings. The fourth-order valence-electron chi connectivity index (χ4n) is 2.68. The maximum atomic E-state index is 10.3. The lowest BCUT2D eigenvalue weighted by molar-refractivity contribution is 0.456. The predicted molar refractivity (Wildman–Crippen MR) is 97.4 cm³/mol. The van der Waals surface area contributed by atoms with Gasteiger partial charge in [-0.05, 0) is 47.9 Å². The standard InChI is InChI=1S/C20H26O2S/c1-13(2)11-15-7-5-9-17(21)19(15)23-20-16(12-14(3)4)8-6-10-18(20)22/h5-10,13-14,21-22H,11-12H2,1-4H3. The van der Waals surface area contributed by atoms with Crippen LogP contribution in [0, 0.1) is 11.8 Å². The molecule has 0 saturated heterocycles. The Morgan fingerprint density at radius 1 is 0.739 bits per heavy atom. The molecule has 0 unspecified atom stereocenters. The van der Waals surface area contributed by atoms with Crippen molar-refractivity contribution in [3.8, 4) is 11.5 Å². The van der Waals surface area contributed by atoms with E-state index in [1.807, 2.05) is 12.1 Å². The van der Waals surface area contributed by atoms with Crippen molar-refractivity contribution in [2.75, 3.05) is 0 Å². The zero-order valence-corrected chi connectivity index (χ0v) is 15.2. The lowest BCUT2D eigenvalue weighted by atomic mass is 10.0. The predicted octanol–water partition coefficient (Wildman–Crippen LogP) is 5.65. The first kappa shape index (κ1) is 17.7. The van der Waals surface area contributed by atoms with Gasteiger partial charge in [-0.1, -0.05) is 63.7 Å². The Balaban J connectivity index is 2.43. The number of rotatable bonds is 6. The van der Waals surface area contributed by atoms with Gasteiger partial charge in [0.1, 0.15) is 11.5 Å². The molecule has 2 rings (SSSR count). The van der Waals surface area contributed by atoms with Crippen LogP contribution >= 0.6 is 11.8 Å². The monoisotopic (exact) mass is 330 g/mol. The topological polar surface area (TPSA) is 40.5 Å². The molecule has 2 aromatic carbocycles. The van der Waals surface area contributed by atoms with E-state index in [1.54, 1.807) is 12.1 Å². The average molecular weight is 330 g/mol. The van der Waals surface area contributed by atoms with Crippen molar-refractivity contribution in [1.82, 2.24) is 0 Å². The van der Waals surface area contributed by atoms with Gasteiger partial charge in [0.15, 0.2) is 0 Å². The van der Waals surface area contributed by atoms with Crippen LogP contribution in [-0.2, 0) is 12.8 Å². The Kier molecular flexibility index (Phi) is 6.00. The third kappa shape index (κ3) is 4.68. The molecule has 2 aromatic rings. The SMILES string of the molecule is CC(C)Cc1cccc(O)c1Sc1c(O)cccc1CC(C)C. The molecule has 2 N–H and O–H groups in total. The first-order chi connectivity index (χ1) is 10.9. The molecule has 0 spiro atoms. The fraction of sp³-hybridized carbons (Fsp3) is 0.400. The molecule has 23 heavy (non-hydrogen) atoms. The van der Waals surface area contributed by atoms with Gasteiger partial charge in [-0.25, -0.2) is 0 Å². The van der Waals surface area contributed by atoms with Crippen molar-refractivity contribution in [3.63, 3.8) is 0 Å². The highest BCUT2D eigenvalue weighted by molar-refractivity contribution is 7.99. The smallest absolute Gasteiger partial charge is 0.129 e. The van der Waals surface area contributed by atoms with Crippen LogP contribution < -0.4 is 0 Å². The highest BCUT2D eigenvalue weighted by Gasteiger charge is 2.16. The van der Waals surface area contributed by atoms with Crippen LogP contribution in [0.25, 0.3) is 0 Å². The fourth-order valence-corrected chi connectivity index (χ4v) is 3.80. The number of hydrogen-bond donors (Lipinski definition) is 2. The van der Waals surface area contributed by atoms with Gasteiger partial charge in [0.25, 0.3) is 0 Å². The van der Waals surface area contributed by atoms with E-state index in [0.717, 1.165) is 33.8 Å². The van der Waals surface area contributed by atoms with Gasteiger partial charge in [0.05, 0.1) is 9.79 Å². The molecule has 0 bridgehead atoms. The molecule has 0 radical (unpaired) electrons. The molecule has 0 heterocycles. The molecule has 2 nitrogen and oxygen atoms in total. The van der Waals surface area contributed by atoms with Gasteiger partial charge in [-0.2, -0.15) is 0 Å². The quantitative estimate of drug-likeness (QED) is 0.719. The Labute approximate surface area is 143 Å². The van der Waals surface area contributed by atoms with Crippen LogP contribution in [0.3, 0.4) is 0 Å². The van der Waals surface area contributed by atoms with Crippen molar-refractivity contribution in [1.29, 1.82) is 0 Å². The molecule has 124 valence electrons. The first-order valence-corrected chi connectivity index (χ1v) is 8.99. The zero-order chi connectivity index (χ0) is 17.0. The second-order valence-electron chi connectivity index (χ2n) is 6.83. The zero-order valence-electron chi connectivity index (χ0n) is 14.3. The van der Waals surface area contributed by atoms with Crippen LogP contribution in [0.2, 0.25) is 0 Å². The molecule has 0 aliphatic heterocycles. The van der Waals surface area contributed by atoms with Crippen LogP contribution in [-0.4, -0.2) is 10.2 Å². The summed E-state index contributed by atoms with van der Waals surface area (Å²) in [5, 5.41) is 20.7. The number of hydrogen-bond acceptors (Lipinski definition) is 3. The number of aromatic hydroxyl groups is 2. The van der Waals surface area contributed by atoms with Gasteiger partial charge in [0, 0.05) is 0 Å². The number of phenolic OH excluding ortho intramolecular Hbond substituents is 2. The Morgan fingerprint density at radius 2 is 1.13 bits per heavy atom. The van der Waals surface area contributed by atoms with Crippen LogP contribution in [0.4, 0.5) is 0 Å². The van der Waals surface area contributed by atoms with E-state index >= 15 is 0 Å². The summed E-state index contributed by atoms with van der Waals surface area (Å²) in [6.07, 6.45) is 1.81. The molecular formula is C20H26O2S. The first-order valence-electron chi connectivity index (χ1n) is 8.18. The third-order valence-corrected chi connectivity index (χ3v) is 4.96. The van der Waals surface area contributed by atoms with Crippen molar-refractivity contribution in [3.05, 3.63) is 47.5 Å². The minimum atomic E-state index is 0.284. The lowest BCUT2D eigenvalue weighted by Gasteiger charge is -2.16. The van der Waals surface area contributed by atoms with Crippen LogP contribution in [0.1, 0.15) is 38.8 Å². The normalized spacial score (nSPS) is 11.4. The summed E-state index contributed by atoms with van der Waals surface area (Å²) in [5.41, 5.74) is 2.26. The van der Waals surface area contributed by atoms with Gasteiger partial charge < -0.3 is 10.2 Å². The van der Waals surface area contributed by atoms with Gasteiger partial charge in [0.2, 0.25) is 0 Å². The third-order valence-electron chi connectivity index (χ3n) is 3.61. The average Bonchev–Trinajstić information content (AvgIpc) is 2.44. The molecular weight excluding hydrogens is 304 g/mol. The van der Waals surface area contributed by atoms with E-state index in [9.17, 15) is 10.2 Å². The maximum absolute atomic E-state index is 10.3. The highest BCUT2D eigenvalue weighted by atomic mass is 32.2. The summed E-state index contributed by atoms with van der Waals surface area (Å²) in [6, 6.07) is 11.3. The minimum Gasteiger partial charge on any atom is -0.507 e. The Morgan fingerprint density at radius 3 is 1.48 bits per heavy atom. The van der Waals surface area contributed by atoms with E-state index in [0.29, 0.717) is 11.8 Å². The summed E-state index contributed by atoms with van der Waals surface area (Å²) in [4.78, 5) is 1.71. The molecule has 0 saturated carbocycles. The Hall–Kier alpha value is -1.61. The van der Waals surface area contributed by atoms with Crippen LogP contribution in [0.5, 0.6) is 11.5 Å². The summed E-state index contributed by atoms with van der Waals surface area (Å²) < 4.78 is 0. The Bertz CT molecular complexity index is 605. The lowest BCUT2D eigenvalue weighted by Crippen LogP contribution is -1.99. The minimum absolute atomic E-state index is 0.284. The maximum Gasteiger partial charge on any atom is 0.129 e. The second-order valence-corrected chi connectivity index (χ2v) is 7.85. The molecule has 3 heteroatoms. The van der Waals surface area contributed by atoms with Crippen molar-refractivity contribution >= 4 is 11.8 Å². The van der Waals surface area contributed by atoms with E-state index < -0.39 is 0 Å². The molecule has 0 atom stereocenters. The molecule has 0 fully saturated rings. The van der Waals surface area contributed by atoms with Crippen molar-refractivity contribution in [2.45, 2.75) is 50.3 Å². The summed E-state index contributed by atoms with van der Waals surface area (Å²) in [7, 11) is 0.